The van der Waals surface area contributed by atoms with Crippen LogP contribution in [-0.4, -0.2) is 32.0 Å². The van der Waals surface area contributed by atoms with Crippen molar-refractivity contribution in [2.75, 3.05) is 25.3 Å². The van der Waals surface area contributed by atoms with Crippen LogP contribution in [0.5, 0.6) is 5.75 Å². The number of methoxy groups -OCH3 is 2. The minimum Gasteiger partial charge on any atom is -0.497 e. The van der Waals surface area contributed by atoms with Gasteiger partial charge in [-0.2, -0.15) is 0 Å². The summed E-state index contributed by atoms with van der Waals surface area (Å²) in [7, 11) is 2.90. The van der Waals surface area contributed by atoms with Crippen LogP contribution in [-0.2, 0) is 16.1 Å². The van der Waals surface area contributed by atoms with Crippen LogP contribution in [0.15, 0.2) is 97.1 Å². The maximum atomic E-state index is 13.3. The van der Waals surface area contributed by atoms with E-state index in [-0.39, 0.29) is 18.4 Å². The lowest BCUT2D eigenvalue weighted by Gasteiger charge is -2.12. The average Bonchev–Trinajstić information content (AvgIpc) is 3.00. The van der Waals surface area contributed by atoms with Crippen LogP contribution >= 0.6 is 0 Å². The molecule has 4 rings (SSSR count). The zero-order valence-corrected chi connectivity index (χ0v) is 22.1. The molecule has 0 aromatic heterocycles. The number of benzene rings is 4. The summed E-state index contributed by atoms with van der Waals surface area (Å²) in [5.74, 6) is -0.332. The SMILES string of the molecule is COC(=O)c1ccc(C=C(C(=O)NCc2ccc(C(=O)Nc3ccccc3N)cc2)c2ccc(OC)cc2)cc1. The van der Waals surface area contributed by atoms with Crippen molar-refractivity contribution in [3.8, 4) is 5.75 Å². The lowest BCUT2D eigenvalue weighted by molar-refractivity contribution is -0.115. The lowest BCUT2D eigenvalue weighted by Crippen LogP contribution is -2.24. The van der Waals surface area contributed by atoms with E-state index < -0.39 is 5.97 Å². The topological polar surface area (TPSA) is 120 Å². The monoisotopic (exact) mass is 535 g/mol. The van der Waals surface area contributed by atoms with Gasteiger partial charge in [-0.15, -0.1) is 0 Å². The molecule has 0 saturated heterocycles. The minimum absolute atomic E-state index is 0.251. The number of hydrogen-bond donors (Lipinski definition) is 3. The number of anilines is 2. The second-order valence-electron chi connectivity index (χ2n) is 8.82. The van der Waals surface area contributed by atoms with E-state index in [4.69, 9.17) is 15.2 Å². The summed E-state index contributed by atoms with van der Waals surface area (Å²) in [5, 5.41) is 5.75. The van der Waals surface area contributed by atoms with Crippen LogP contribution in [0.25, 0.3) is 11.6 Å². The van der Waals surface area contributed by atoms with E-state index in [2.05, 4.69) is 10.6 Å². The number of ether oxygens (including phenoxy) is 2. The highest BCUT2D eigenvalue weighted by Gasteiger charge is 2.14. The Morgan fingerprint density at radius 3 is 2.02 bits per heavy atom. The maximum absolute atomic E-state index is 13.3. The van der Waals surface area contributed by atoms with Crippen molar-refractivity contribution in [1.82, 2.24) is 5.32 Å². The van der Waals surface area contributed by atoms with Crippen molar-refractivity contribution in [1.29, 1.82) is 0 Å². The van der Waals surface area contributed by atoms with E-state index in [1.54, 1.807) is 110 Å². The van der Waals surface area contributed by atoms with Gasteiger partial charge < -0.3 is 25.8 Å². The molecule has 202 valence electrons. The number of nitrogen functional groups attached to an aromatic ring is 1. The summed E-state index contributed by atoms with van der Waals surface area (Å²) in [6.45, 7) is 0.251. The molecular formula is C32H29N3O5. The van der Waals surface area contributed by atoms with E-state index in [0.29, 0.717) is 39.4 Å². The van der Waals surface area contributed by atoms with Gasteiger partial charge in [-0.25, -0.2) is 4.79 Å². The van der Waals surface area contributed by atoms with Gasteiger partial charge in [0, 0.05) is 17.7 Å². The van der Waals surface area contributed by atoms with E-state index in [1.165, 1.54) is 7.11 Å². The maximum Gasteiger partial charge on any atom is 0.337 e. The molecular weight excluding hydrogens is 506 g/mol. The molecule has 4 N–H and O–H groups in total. The average molecular weight is 536 g/mol. The van der Waals surface area contributed by atoms with Crippen molar-refractivity contribution in [2.45, 2.75) is 6.54 Å². The molecule has 0 aliphatic carbocycles. The Morgan fingerprint density at radius 2 is 1.40 bits per heavy atom. The fourth-order valence-electron chi connectivity index (χ4n) is 3.91. The zero-order chi connectivity index (χ0) is 28.5. The third kappa shape index (κ3) is 6.93. The number of carbonyl (C=O) groups excluding carboxylic acids is 3. The number of para-hydroxylation sites is 2. The second-order valence-corrected chi connectivity index (χ2v) is 8.82. The van der Waals surface area contributed by atoms with E-state index >= 15 is 0 Å². The van der Waals surface area contributed by atoms with Gasteiger partial charge in [0.15, 0.2) is 0 Å². The summed E-state index contributed by atoms with van der Waals surface area (Å²) >= 11 is 0. The minimum atomic E-state index is -0.434. The lowest BCUT2D eigenvalue weighted by atomic mass is 10.0. The molecule has 0 spiro atoms. The Bertz CT molecular complexity index is 1530. The molecule has 4 aromatic carbocycles. The number of nitrogens with two attached hydrogens (primary N) is 1. The molecule has 8 nitrogen and oxygen atoms in total. The van der Waals surface area contributed by atoms with Gasteiger partial charge in [-0.05, 0) is 71.3 Å². The van der Waals surface area contributed by atoms with E-state index in [0.717, 1.165) is 11.1 Å². The number of esters is 1. The van der Waals surface area contributed by atoms with Gasteiger partial charge in [-0.3, -0.25) is 9.59 Å². The first kappa shape index (κ1) is 27.7. The summed E-state index contributed by atoms with van der Waals surface area (Å²) < 4.78 is 10.0. The molecule has 40 heavy (non-hydrogen) atoms. The number of rotatable bonds is 9. The second kappa shape index (κ2) is 12.9. The number of amides is 2. The molecule has 0 aliphatic rings. The molecule has 0 unspecified atom stereocenters. The van der Waals surface area contributed by atoms with Crippen molar-refractivity contribution in [3.05, 3.63) is 125 Å². The normalized spacial score (nSPS) is 10.9. The molecule has 2 amide bonds. The van der Waals surface area contributed by atoms with Gasteiger partial charge in [-0.1, -0.05) is 48.5 Å². The predicted molar refractivity (Wildman–Crippen MR) is 156 cm³/mol. The summed E-state index contributed by atoms with van der Waals surface area (Å²) in [6.07, 6.45) is 1.75. The Kier molecular flexibility index (Phi) is 8.94. The highest BCUT2D eigenvalue weighted by molar-refractivity contribution is 6.24. The molecule has 0 heterocycles. The van der Waals surface area contributed by atoms with E-state index in [1.807, 2.05) is 0 Å². The first-order chi connectivity index (χ1) is 19.4. The van der Waals surface area contributed by atoms with Crippen LogP contribution in [0.4, 0.5) is 11.4 Å². The summed E-state index contributed by atoms with van der Waals surface area (Å²) in [5.41, 5.74) is 10.5. The quantitative estimate of drug-likeness (QED) is 0.118. The molecule has 0 saturated carbocycles. The Morgan fingerprint density at radius 1 is 0.775 bits per heavy atom. The molecule has 8 heteroatoms. The molecule has 0 atom stereocenters. The molecule has 4 aromatic rings. The summed E-state index contributed by atoms with van der Waals surface area (Å²) in [6, 6.07) is 27.9. The highest BCUT2D eigenvalue weighted by atomic mass is 16.5. The third-order valence-electron chi connectivity index (χ3n) is 6.17. The van der Waals surface area contributed by atoms with Gasteiger partial charge >= 0.3 is 5.97 Å². The van der Waals surface area contributed by atoms with Gasteiger partial charge in [0.05, 0.1) is 31.2 Å². The van der Waals surface area contributed by atoms with Crippen LogP contribution < -0.4 is 21.1 Å². The number of nitrogens with one attached hydrogen (secondary N) is 2. The fraction of sp³-hybridized carbons (Fsp3) is 0.0938. The number of hydrogen-bond acceptors (Lipinski definition) is 6. The molecule has 0 aliphatic heterocycles. The van der Waals surface area contributed by atoms with Gasteiger partial charge in [0.2, 0.25) is 0 Å². The first-order valence-electron chi connectivity index (χ1n) is 12.5. The molecule has 0 fully saturated rings. The largest absolute Gasteiger partial charge is 0.497 e. The number of carbonyl (C=O) groups is 3. The van der Waals surface area contributed by atoms with Crippen LogP contribution in [0, 0.1) is 0 Å². The third-order valence-corrected chi connectivity index (χ3v) is 6.17. The Labute approximate surface area is 232 Å². The van der Waals surface area contributed by atoms with Crippen molar-refractivity contribution < 1.29 is 23.9 Å². The van der Waals surface area contributed by atoms with Crippen molar-refractivity contribution >= 4 is 40.8 Å². The smallest absolute Gasteiger partial charge is 0.337 e. The van der Waals surface area contributed by atoms with Crippen LogP contribution in [0.3, 0.4) is 0 Å². The van der Waals surface area contributed by atoms with Crippen LogP contribution in [0.1, 0.15) is 37.4 Å². The van der Waals surface area contributed by atoms with E-state index in [9.17, 15) is 14.4 Å². The predicted octanol–water partition coefficient (Wildman–Crippen LogP) is 5.17. The van der Waals surface area contributed by atoms with Crippen LogP contribution in [0.2, 0.25) is 0 Å². The van der Waals surface area contributed by atoms with Crippen molar-refractivity contribution in [2.24, 2.45) is 0 Å². The molecule has 0 bridgehead atoms. The Balaban J connectivity index is 1.48. The Hall–Kier alpha value is -5.37. The fourth-order valence-corrected chi connectivity index (χ4v) is 3.91. The highest BCUT2D eigenvalue weighted by Crippen LogP contribution is 2.23. The zero-order valence-electron chi connectivity index (χ0n) is 22.1. The first-order valence-corrected chi connectivity index (χ1v) is 12.5. The van der Waals surface area contributed by atoms with Gasteiger partial charge in [0.1, 0.15) is 5.75 Å². The van der Waals surface area contributed by atoms with Crippen molar-refractivity contribution in [3.63, 3.8) is 0 Å². The molecule has 0 radical (unpaired) electrons. The summed E-state index contributed by atoms with van der Waals surface area (Å²) in [4.78, 5) is 37.7. The van der Waals surface area contributed by atoms with Gasteiger partial charge in [0.25, 0.3) is 11.8 Å². The standard InChI is InChI=1S/C32H29N3O5/c1-39-26-17-15-23(16-18-26)27(19-21-7-13-25(14-8-21)32(38)40-2)31(37)34-20-22-9-11-24(12-10-22)30(36)35-29-6-4-3-5-28(29)33/h3-19H,20,33H2,1-2H3,(H,34,37)(H,35,36).